The first-order chi connectivity index (χ1) is 3.68. The summed E-state index contributed by atoms with van der Waals surface area (Å²) in [6.45, 7) is 6.71. The summed E-state index contributed by atoms with van der Waals surface area (Å²) in [6.07, 6.45) is 1.07. The lowest BCUT2D eigenvalue weighted by molar-refractivity contribution is 0.895. The molecule has 0 aliphatic rings. The topological polar surface area (TPSA) is 26.0 Å². The fourth-order valence-electron chi connectivity index (χ4n) is 0. The van der Waals surface area contributed by atoms with E-state index in [0.29, 0.717) is 5.38 Å². The number of rotatable bonds is 1. The molecule has 1 atom stereocenters. The number of alkyl halides is 1. The van der Waals surface area contributed by atoms with Gasteiger partial charge in [0, 0.05) is 5.38 Å². The molecule has 0 fully saturated rings. The van der Waals surface area contributed by atoms with Crippen LogP contribution in [0.25, 0.3) is 0 Å². The molecule has 2 N–H and O–H groups in total. The second-order valence-corrected chi connectivity index (χ2v) is 2.34. The molecule has 0 saturated heterocycles. The van der Waals surface area contributed by atoms with Crippen LogP contribution >= 0.6 is 11.6 Å². The highest BCUT2D eigenvalue weighted by Crippen LogP contribution is 1.95. The third-order valence-corrected chi connectivity index (χ3v) is 0.871. The van der Waals surface area contributed by atoms with Crippen molar-refractivity contribution in [3.8, 4) is 0 Å². The highest BCUT2D eigenvalue weighted by Gasteiger charge is 1.83. The second kappa shape index (κ2) is 10.3. The first-order valence-electron chi connectivity index (χ1n) is 3.03. The SMILES string of the molecule is CCC(C)Cl.CCN. The van der Waals surface area contributed by atoms with Gasteiger partial charge >= 0.3 is 0 Å². The van der Waals surface area contributed by atoms with E-state index in [2.05, 4.69) is 6.92 Å². The third kappa shape index (κ3) is 34.0. The van der Waals surface area contributed by atoms with Crippen molar-refractivity contribution in [1.82, 2.24) is 0 Å². The minimum Gasteiger partial charge on any atom is -0.331 e. The van der Waals surface area contributed by atoms with Crippen LogP contribution in [0.4, 0.5) is 0 Å². The number of hydrogen-bond acceptors (Lipinski definition) is 1. The maximum absolute atomic E-state index is 5.46. The van der Waals surface area contributed by atoms with Gasteiger partial charge in [-0.2, -0.15) is 0 Å². The summed E-state index contributed by atoms with van der Waals surface area (Å²) in [6, 6.07) is 0. The van der Waals surface area contributed by atoms with Crippen LogP contribution in [0.1, 0.15) is 27.2 Å². The molecule has 8 heavy (non-hydrogen) atoms. The highest BCUT2D eigenvalue weighted by molar-refractivity contribution is 6.20. The minimum atomic E-state index is 0.356. The van der Waals surface area contributed by atoms with Gasteiger partial charge in [0.25, 0.3) is 0 Å². The monoisotopic (exact) mass is 137 g/mol. The van der Waals surface area contributed by atoms with Gasteiger partial charge in [-0.15, -0.1) is 11.6 Å². The Balaban J connectivity index is 0. The average molecular weight is 138 g/mol. The highest BCUT2D eigenvalue weighted by atomic mass is 35.5. The molecule has 0 rings (SSSR count). The molecule has 52 valence electrons. The number of halogens is 1. The van der Waals surface area contributed by atoms with Crippen LogP contribution in [0.3, 0.4) is 0 Å². The predicted octanol–water partition coefficient (Wildman–Crippen LogP) is 1.99. The van der Waals surface area contributed by atoms with Gasteiger partial charge in [0.15, 0.2) is 0 Å². The molecule has 0 saturated carbocycles. The maximum atomic E-state index is 5.46. The van der Waals surface area contributed by atoms with Crippen molar-refractivity contribution in [2.45, 2.75) is 32.6 Å². The molecule has 1 nitrogen and oxygen atoms in total. The zero-order valence-electron chi connectivity index (χ0n) is 5.95. The van der Waals surface area contributed by atoms with Crippen LogP contribution in [-0.2, 0) is 0 Å². The summed E-state index contributed by atoms with van der Waals surface area (Å²) in [4.78, 5) is 0. The van der Waals surface area contributed by atoms with Crippen LogP contribution in [0.15, 0.2) is 0 Å². The van der Waals surface area contributed by atoms with E-state index in [1.807, 2.05) is 13.8 Å². The first kappa shape index (κ1) is 11.1. The first-order valence-corrected chi connectivity index (χ1v) is 3.46. The van der Waals surface area contributed by atoms with E-state index < -0.39 is 0 Å². The molecule has 0 radical (unpaired) electrons. The van der Waals surface area contributed by atoms with Crippen LogP contribution in [0.2, 0.25) is 0 Å². The van der Waals surface area contributed by atoms with E-state index in [1.54, 1.807) is 0 Å². The standard InChI is InChI=1S/C4H9Cl.C2H7N/c1-3-4(2)5;1-2-3/h4H,3H2,1-2H3;2-3H2,1H3. The van der Waals surface area contributed by atoms with E-state index in [9.17, 15) is 0 Å². The van der Waals surface area contributed by atoms with E-state index in [-0.39, 0.29) is 0 Å². The summed E-state index contributed by atoms with van der Waals surface area (Å²) in [7, 11) is 0. The summed E-state index contributed by atoms with van der Waals surface area (Å²) in [5.74, 6) is 0. The lowest BCUT2D eigenvalue weighted by Crippen LogP contribution is -1.87. The van der Waals surface area contributed by atoms with E-state index >= 15 is 0 Å². The molecular weight excluding hydrogens is 122 g/mol. The van der Waals surface area contributed by atoms with Gasteiger partial charge in [-0.05, 0) is 19.9 Å². The molecule has 0 spiro atoms. The normalized spacial score (nSPS) is 11.6. The van der Waals surface area contributed by atoms with E-state index in [1.165, 1.54) is 0 Å². The lowest BCUT2D eigenvalue weighted by Gasteiger charge is -1.87. The summed E-state index contributed by atoms with van der Waals surface area (Å²) >= 11 is 5.46. The average Bonchev–Trinajstić information content (AvgIpc) is 1.69. The fraction of sp³-hybridized carbons (Fsp3) is 1.00. The van der Waals surface area contributed by atoms with E-state index in [4.69, 9.17) is 17.3 Å². The molecular formula is C6H16ClN. The Hall–Kier alpha value is 0.250. The van der Waals surface area contributed by atoms with Crippen LogP contribution in [-0.4, -0.2) is 11.9 Å². The molecule has 0 amide bonds. The van der Waals surface area contributed by atoms with Crippen molar-refractivity contribution in [3.63, 3.8) is 0 Å². The maximum Gasteiger partial charge on any atom is 0.0305 e. The number of hydrogen-bond donors (Lipinski definition) is 1. The Morgan fingerprint density at radius 3 is 1.62 bits per heavy atom. The van der Waals surface area contributed by atoms with Crippen molar-refractivity contribution in [2.75, 3.05) is 6.54 Å². The van der Waals surface area contributed by atoms with Crippen LogP contribution in [0.5, 0.6) is 0 Å². The molecule has 0 aromatic heterocycles. The van der Waals surface area contributed by atoms with Gasteiger partial charge in [0.2, 0.25) is 0 Å². The van der Waals surface area contributed by atoms with Gasteiger partial charge in [0.05, 0.1) is 0 Å². The summed E-state index contributed by atoms with van der Waals surface area (Å²) in [5.41, 5.74) is 4.85. The van der Waals surface area contributed by atoms with Crippen molar-refractivity contribution in [1.29, 1.82) is 0 Å². The Morgan fingerprint density at radius 1 is 1.50 bits per heavy atom. The van der Waals surface area contributed by atoms with Crippen LogP contribution in [0, 0.1) is 0 Å². The largest absolute Gasteiger partial charge is 0.331 e. The Morgan fingerprint density at radius 2 is 1.62 bits per heavy atom. The zero-order chi connectivity index (χ0) is 6.99. The van der Waals surface area contributed by atoms with Crippen molar-refractivity contribution in [3.05, 3.63) is 0 Å². The molecule has 0 heterocycles. The van der Waals surface area contributed by atoms with Gasteiger partial charge in [-0.25, -0.2) is 0 Å². The minimum absolute atomic E-state index is 0.356. The van der Waals surface area contributed by atoms with Crippen LogP contribution < -0.4 is 5.73 Å². The van der Waals surface area contributed by atoms with Gasteiger partial charge < -0.3 is 5.73 Å². The Kier molecular flexibility index (Phi) is 14.3. The van der Waals surface area contributed by atoms with Crippen molar-refractivity contribution >= 4 is 11.6 Å². The quantitative estimate of drug-likeness (QED) is 0.550. The van der Waals surface area contributed by atoms with Gasteiger partial charge in [-0.3, -0.25) is 0 Å². The molecule has 0 aliphatic heterocycles. The van der Waals surface area contributed by atoms with Crippen molar-refractivity contribution in [2.24, 2.45) is 5.73 Å². The molecule has 0 aromatic rings. The van der Waals surface area contributed by atoms with Crippen molar-refractivity contribution < 1.29 is 0 Å². The predicted molar refractivity (Wildman–Crippen MR) is 40.3 cm³/mol. The lowest BCUT2D eigenvalue weighted by atomic mass is 10.4. The van der Waals surface area contributed by atoms with Gasteiger partial charge in [-0.1, -0.05) is 13.8 Å². The second-order valence-electron chi connectivity index (χ2n) is 1.60. The fourth-order valence-corrected chi connectivity index (χ4v) is 0. The summed E-state index contributed by atoms with van der Waals surface area (Å²) < 4.78 is 0. The summed E-state index contributed by atoms with van der Waals surface area (Å²) in [5, 5.41) is 0.356. The molecule has 1 unspecified atom stereocenters. The Labute approximate surface area is 57.2 Å². The zero-order valence-corrected chi connectivity index (χ0v) is 6.70. The van der Waals surface area contributed by atoms with Gasteiger partial charge in [0.1, 0.15) is 0 Å². The molecule has 0 aromatic carbocycles. The molecule has 2 heteroatoms. The number of nitrogens with two attached hydrogens (primary N) is 1. The smallest absolute Gasteiger partial charge is 0.0305 e. The molecule has 0 bridgehead atoms. The Bertz CT molecular complexity index is 29.7. The van der Waals surface area contributed by atoms with E-state index in [0.717, 1.165) is 13.0 Å². The molecule has 0 aliphatic carbocycles. The third-order valence-electron chi connectivity index (χ3n) is 0.563.